The highest BCUT2D eigenvalue weighted by Gasteiger charge is 2.25. The van der Waals surface area contributed by atoms with E-state index < -0.39 is 0 Å². The molecule has 108 valence electrons. The molecule has 0 saturated carbocycles. The standard InChI is InChI=1S/C18H19NO2/c1-2-13-12-20-18(21-13)11-19-16-9-5-3-7-14(16)15-8-4-6-10-17(15)19/h3-10,13,18H,2,11-12H2,1H3/t13-,18-/m1/s1. The molecule has 0 radical (unpaired) electrons. The number of ether oxygens (including phenoxy) is 2. The number of hydrogen-bond donors (Lipinski definition) is 0. The second kappa shape index (κ2) is 5.17. The van der Waals surface area contributed by atoms with Crippen LogP contribution >= 0.6 is 0 Å². The Morgan fingerprint density at radius 3 is 2.19 bits per heavy atom. The molecule has 0 unspecified atom stereocenters. The van der Waals surface area contributed by atoms with Gasteiger partial charge in [-0.15, -0.1) is 0 Å². The summed E-state index contributed by atoms with van der Waals surface area (Å²) >= 11 is 0. The topological polar surface area (TPSA) is 23.4 Å². The van der Waals surface area contributed by atoms with Gasteiger partial charge in [-0.2, -0.15) is 0 Å². The van der Waals surface area contributed by atoms with Gasteiger partial charge in [0.25, 0.3) is 0 Å². The summed E-state index contributed by atoms with van der Waals surface area (Å²) in [5.41, 5.74) is 2.48. The van der Waals surface area contributed by atoms with Crippen molar-refractivity contribution >= 4 is 21.8 Å². The van der Waals surface area contributed by atoms with Crippen LogP contribution in [0, 0.1) is 0 Å². The van der Waals surface area contributed by atoms with Crippen LogP contribution in [0.1, 0.15) is 13.3 Å². The number of fused-ring (bicyclic) bond motifs is 3. The number of rotatable bonds is 3. The van der Waals surface area contributed by atoms with E-state index in [-0.39, 0.29) is 12.4 Å². The predicted molar refractivity (Wildman–Crippen MR) is 84.3 cm³/mol. The van der Waals surface area contributed by atoms with Gasteiger partial charge in [-0.3, -0.25) is 0 Å². The Hall–Kier alpha value is -1.84. The number of para-hydroxylation sites is 2. The van der Waals surface area contributed by atoms with Crippen molar-refractivity contribution in [3.05, 3.63) is 48.5 Å². The van der Waals surface area contributed by atoms with Gasteiger partial charge in [0.15, 0.2) is 6.29 Å². The first kappa shape index (κ1) is 12.9. The first-order valence-corrected chi connectivity index (χ1v) is 7.60. The van der Waals surface area contributed by atoms with E-state index in [1.165, 1.54) is 21.8 Å². The minimum absolute atomic E-state index is 0.144. The van der Waals surface area contributed by atoms with Crippen LogP contribution in [0.5, 0.6) is 0 Å². The Morgan fingerprint density at radius 2 is 1.62 bits per heavy atom. The SMILES string of the molecule is CC[C@@H]1CO[C@@H](Cn2c3ccccc3c3ccccc32)O1. The fraction of sp³-hybridized carbons (Fsp3) is 0.333. The summed E-state index contributed by atoms with van der Waals surface area (Å²) in [7, 11) is 0. The normalized spacial score (nSPS) is 22.3. The minimum Gasteiger partial charge on any atom is -0.348 e. The lowest BCUT2D eigenvalue weighted by Gasteiger charge is -2.13. The molecule has 0 N–H and O–H groups in total. The van der Waals surface area contributed by atoms with Crippen molar-refractivity contribution < 1.29 is 9.47 Å². The first-order valence-electron chi connectivity index (χ1n) is 7.60. The third kappa shape index (κ3) is 2.13. The fourth-order valence-electron chi connectivity index (χ4n) is 3.17. The summed E-state index contributed by atoms with van der Waals surface area (Å²) in [5.74, 6) is 0. The van der Waals surface area contributed by atoms with Gasteiger partial charge in [0.2, 0.25) is 0 Å². The second-order valence-electron chi connectivity index (χ2n) is 5.57. The average Bonchev–Trinajstić information content (AvgIpc) is 3.12. The van der Waals surface area contributed by atoms with Crippen LogP contribution in [-0.2, 0) is 16.0 Å². The molecule has 0 spiro atoms. The monoisotopic (exact) mass is 281 g/mol. The number of hydrogen-bond acceptors (Lipinski definition) is 2. The van der Waals surface area contributed by atoms with Crippen molar-refractivity contribution in [1.82, 2.24) is 4.57 Å². The number of benzene rings is 2. The quantitative estimate of drug-likeness (QED) is 0.725. The summed E-state index contributed by atoms with van der Waals surface area (Å²) < 4.78 is 14.0. The lowest BCUT2D eigenvalue weighted by Crippen LogP contribution is -2.18. The Morgan fingerprint density at radius 1 is 1.00 bits per heavy atom. The van der Waals surface area contributed by atoms with Crippen LogP contribution in [0.15, 0.2) is 48.5 Å². The van der Waals surface area contributed by atoms with Crippen molar-refractivity contribution in [2.24, 2.45) is 0 Å². The van der Waals surface area contributed by atoms with Crippen LogP contribution in [-0.4, -0.2) is 23.6 Å². The number of aromatic nitrogens is 1. The van der Waals surface area contributed by atoms with Crippen molar-refractivity contribution in [2.45, 2.75) is 32.3 Å². The van der Waals surface area contributed by atoms with Gasteiger partial charge in [0, 0.05) is 21.8 Å². The molecule has 2 aromatic carbocycles. The van der Waals surface area contributed by atoms with Crippen LogP contribution in [0.25, 0.3) is 21.8 Å². The molecule has 21 heavy (non-hydrogen) atoms. The lowest BCUT2D eigenvalue weighted by atomic mass is 10.2. The predicted octanol–water partition coefficient (Wildman–Crippen LogP) is 3.95. The Bertz CT molecular complexity index is 724. The van der Waals surface area contributed by atoms with Crippen molar-refractivity contribution in [1.29, 1.82) is 0 Å². The van der Waals surface area contributed by atoms with E-state index in [4.69, 9.17) is 9.47 Å². The zero-order valence-corrected chi connectivity index (χ0v) is 12.2. The van der Waals surface area contributed by atoms with Crippen LogP contribution in [0.3, 0.4) is 0 Å². The molecule has 2 atom stereocenters. The Balaban J connectivity index is 1.79. The molecule has 0 aliphatic carbocycles. The largest absolute Gasteiger partial charge is 0.348 e. The summed E-state index contributed by atoms with van der Waals surface area (Å²) in [6, 6.07) is 17.1. The van der Waals surface area contributed by atoms with Crippen molar-refractivity contribution in [3.63, 3.8) is 0 Å². The molecule has 3 aromatic rings. The molecular formula is C18H19NO2. The highest BCUT2D eigenvalue weighted by atomic mass is 16.7. The summed E-state index contributed by atoms with van der Waals surface area (Å²) in [4.78, 5) is 0. The zero-order valence-electron chi connectivity index (χ0n) is 12.2. The molecule has 4 rings (SSSR count). The summed E-state index contributed by atoms with van der Waals surface area (Å²) in [5, 5.41) is 2.58. The molecule has 2 heterocycles. The Labute approximate surface area is 124 Å². The van der Waals surface area contributed by atoms with E-state index >= 15 is 0 Å². The van der Waals surface area contributed by atoms with Gasteiger partial charge in [0.05, 0.1) is 19.3 Å². The molecule has 1 aromatic heterocycles. The maximum absolute atomic E-state index is 5.94. The van der Waals surface area contributed by atoms with Crippen molar-refractivity contribution in [2.75, 3.05) is 6.61 Å². The van der Waals surface area contributed by atoms with Crippen LogP contribution in [0.4, 0.5) is 0 Å². The third-order valence-corrected chi connectivity index (χ3v) is 4.28. The van der Waals surface area contributed by atoms with E-state index in [0.29, 0.717) is 6.61 Å². The van der Waals surface area contributed by atoms with Gasteiger partial charge in [-0.05, 0) is 18.6 Å². The van der Waals surface area contributed by atoms with Gasteiger partial charge in [-0.1, -0.05) is 43.3 Å². The fourth-order valence-corrected chi connectivity index (χ4v) is 3.17. The highest BCUT2D eigenvalue weighted by molar-refractivity contribution is 6.07. The maximum atomic E-state index is 5.94. The molecule has 3 nitrogen and oxygen atoms in total. The summed E-state index contributed by atoms with van der Waals surface area (Å²) in [6.07, 6.45) is 1.10. The van der Waals surface area contributed by atoms with Gasteiger partial charge >= 0.3 is 0 Å². The van der Waals surface area contributed by atoms with Gasteiger partial charge in [-0.25, -0.2) is 0 Å². The molecule has 1 fully saturated rings. The van der Waals surface area contributed by atoms with E-state index in [9.17, 15) is 0 Å². The second-order valence-corrected chi connectivity index (χ2v) is 5.57. The van der Waals surface area contributed by atoms with E-state index in [0.717, 1.165) is 13.0 Å². The van der Waals surface area contributed by atoms with Crippen molar-refractivity contribution in [3.8, 4) is 0 Å². The molecule has 3 heteroatoms. The maximum Gasteiger partial charge on any atom is 0.175 e. The molecular weight excluding hydrogens is 262 g/mol. The molecule has 1 aliphatic rings. The van der Waals surface area contributed by atoms with Crippen LogP contribution < -0.4 is 0 Å². The lowest BCUT2D eigenvalue weighted by molar-refractivity contribution is -0.0663. The van der Waals surface area contributed by atoms with Gasteiger partial charge < -0.3 is 14.0 Å². The molecule has 0 bridgehead atoms. The number of nitrogens with zero attached hydrogens (tertiary/aromatic N) is 1. The average molecular weight is 281 g/mol. The molecule has 0 amide bonds. The first-order chi connectivity index (χ1) is 10.4. The third-order valence-electron chi connectivity index (χ3n) is 4.28. The van der Waals surface area contributed by atoms with Gasteiger partial charge in [0.1, 0.15) is 0 Å². The smallest absolute Gasteiger partial charge is 0.175 e. The minimum atomic E-state index is -0.144. The molecule has 1 aliphatic heterocycles. The van der Waals surface area contributed by atoms with E-state index in [1.807, 2.05) is 0 Å². The highest BCUT2D eigenvalue weighted by Crippen LogP contribution is 2.30. The zero-order chi connectivity index (χ0) is 14.2. The van der Waals surface area contributed by atoms with E-state index in [1.54, 1.807) is 0 Å². The summed E-state index contributed by atoms with van der Waals surface area (Å²) in [6.45, 7) is 3.58. The van der Waals surface area contributed by atoms with Crippen LogP contribution in [0.2, 0.25) is 0 Å². The van der Waals surface area contributed by atoms with E-state index in [2.05, 4.69) is 60.0 Å². The molecule has 1 saturated heterocycles. The Kier molecular flexibility index (Phi) is 3.17.